The van der Waals surface area contributed by atoms with Gasteiger partial charge in [0.25, 0.3) is 0 Å². The summed E-state index contributed by atoms with van der Waals surface area (Å²) in [5.74, 6) is 0. The maximum atomic E-state index is 3.26. The fourth-order valence-electron chi connectivity index (χ4n) is 1.78. The van der Waals surface area contributed by atoms with Crippen molar-refractivity contribution in [1.82, 2.24) is 0 Å². The Morgan fingerprint density at radius 3 is 1.59 bits per heavy atom. The monoisotopic (exact) mass is 264 g/mol. The van der Waals surface area contributed by atoms with Gasteiger partial charge in [0, 0.05) is 0 Å². The molecule has 2 aliphatic carbocycles. The van der Waals surface area contributed by atoms with Crippen molar-refractivity contribution in [2.24, 2.45) is 0 Å². The molecule has 0 aromatic heterocycles. The second kappa shape index (κ2) is 10.8. The Morgan fingerprint density at radius 2 is 1.35 bits per heavy atom. The van der Waals surface area contributed by atoms with E-state index in [1.165, 1.54) is 36.8 Å². The number of rotatable bonds is 4. The normalized spacial score (nSPS) is 15.9. The van der Waals surface area contributed by atoms with Crippen LogP contribution in [-0.4, -0.2) is 0 Å². The van der Waals surface area contributed by atoms with E-state index in [1.807, 2.05) is 0 Å². The molecule has 17 heavy (non-hydrogen) atoms. The zero-order chi connectivity index (χ0) is 11.6. The minimum Gasteiger partial charge on any atom is -1.00 e. The molecule has 0 saturated carbocycles. The van der Waals surface area contributed by atoms with E-state index in [-0.39, 0.29) is 24.6 Å². The van der Waals surface area contributed by atoms with Gasteiger partial charge in [-0.2, -0.15) is 12.2 Å². The summed E-state index contributed by atoms with van der Waals surface area (Å²) in [6.45, 7) is 4.39. The Labute approximate surface area is 124 Å². The fourth-order valence-corrected chi connectivity index (χ4v) is 1.78. The average Bonchev–Trinajstić information content (AvgIpc) is 2.92. The molecule has 0 bridgehead atoms. The molecule has 0 unspecified atom stereocenters. The van der Waals surface area contributed by atoms with Crippen molar-refractivity contribution >= 4 is 0 Å². The van der Waals surface area contributed by atoms with Crippen LogP contribution in [0.5, 0.6) is 0 Å². The largest absolute Gasteiger partial charge is 4.00 e. The summed E-state index contributed by atoms with van der Waals surface area (Å²) in [7, 11) is 0. The van der Waals surface area contributed by atoms with Crippen molar-refractivity contribution in [3.05, 3.63) is 47.6 Å². The fraction of sp³-hybridized carbons (Fsp3) is 0.500. The summed E-state index contributed by atoms with van der Waals surface area (Å²) in [5, 5.41) is 0. The Balaban J connectivity index is -0.000000233. The first kappa shape index (κ1) is 16.7. The molecule has 0 atom stereocenters. The summed E-state index contributed by atoms with van der Waals surface area (Å²) in [5.41, 5.74) is 2.79. The van der Waals surface area contributed by atoms with Crippen LogP contribution in [0.1, 0.15) is 55.2 Å². The van der Waals surface area contributed by atoms with Crippen molar-refractivity contribution in [3.63, 3.8) is 0 Å². The maximum absolute atomic E-state index is 3.26. The van der Waals surface area contributed by atoms with Gasteiger partial charge >= 0.3 is 21.7 Å². The molecule has 0 spiro atoms. The number of hydrogen-bond donors (Lipinski definition) is 0. The van der Waals surface area contributed by atoms with Gasteiger partial charge in [0.05, 0.1) is 0 Å². The van der Waals surface area contributed by atoms with Crippen molar-refractivity contribution in [3.8, 4) is 0 Å². The predicted octanol–water partition coefficient (Wildman–Crippen LogP) is 5.17. The first-order valence-electron chi connectivity index (χ1n) is 6.39. The van der Waals surface area contributed by atoms with Crippen LogP contribution in [0.2, 0.25) is 0 Å². The molecule has 2 aliphatic rings. The molecule has 0 fully saturated rings. The van der Waals surface area contributed by atoms with Crippen LogP contribution in [-0.2, 0) is 21.7 Å². The van der Waals surface area contributed by atoms with Crippen LogP contribution in [0.4, 0.5) is 0 Å². The van der Waals surface area contributed by atoms with Crippen molar-refractivity contribution in [2.45, 2.75) is 52.4 Å². The third-order valence-corrected chi connectivity index (χ3v) is 2.57. The standard InChI is InChI=1S/2C8H11.Ti.2H/c2*1-2-5-8-6-3-4-7-8;;;/h2*3,6H,2,4-5H2,1H3;;;/q2*-1;+4;2*-1. The topological polar surface area (TPSA) is 0 Å². The first-order chi connectivity index (χ1) is 7.86. The Kier molecular flexibility index (Phi) is 10.6. The Morgan fingerprint density at radius 1 is 0.941 bits per heavy atom. The van der Waals surface area contributed by atoms with Crippen molar-refractivity contribution in [1.29, 1.82) is 0 Å². The zero-order valence-corrected chi connectivity index (χ0v) is 12.6. The molecule has 0 N–H and O–H groups in total. The second-order valence-electron chi connectivity index (χ2n) is 4.12. The van der Waals surface area contributed by atoms with Gasteiger partial charge in [-0.25, -0.2) is 23.3 Å². The molecule has 0 saturated heterocycles. The van der Waals surface area contributed by atoms with Gasteiger partial charge in [0.2, 0.25) is 0 Å². The van der Waals surface area contributed by atoms with Crippen LogP contribution in [0.15, 0.2) is 35.5 Å². The molecule has 0 aliphatic heterocycles. The Hall–Kier alpha value is -0.326. The van der Waals surface area contributed by atoms with Gasteiger partial charge < -0.3 is 2.85 Å². The van der Waals surface area contributed by atoms with E-state index in [0.717, 1.165) is 12.8 Å². The van der Waals surface area contributed by atoms with E-state index in [9.17, 15) is 0 Å². The third kappa shape index (κ3) is 7.57. The molecule has 0 amide bonds. The van der Waals surface area contributed by atoms with Gasteiger partial charge in [-0.05, 0) is 0 Å². The molecule has 0 aromatic rings. The quantitative estimate of drug-likeness (QED) is 0.485. The van der Waals surface area contributed by atoms with Gasteiger partial charge in [0.1, 0.15) is 0 Å². The summed E-state index contributed by atoms with van der Waals surface area (Å²) in [6.07, 6.45) is 22.2. The van der Waals surface area contributed by atoms with Gasteiger partial charge in [-0.3, -0.25) is 12.2 Å². The third-order valence-electron chi connectivity index (χ3n) is 2.57. The molecule has 0 aromatic carbocycles. The first-order valence-corrected chi connectivity index (χ1v) is 6.39. The second-order valence-corrected chi connectivity index (χ2v) is 4.12. The van der Waals surface area contributed by atoms with Crippen LogP contribution < -0.4 is 0 Å². The maximum Gasteiger partial charge on any atom is 4.00 e. The molecular weight excluding hydrogens is 240 g/mol. The predicted molar refractivity (Wildman–Crippen MR) is 73.1 cm³/mol. The number of allylic oxidation sites excluding steroid dienone is 8. The van der Waals surface area contributed by atoms with Crippen molar-refractivity contribution < 1.29 is 24.6 Å². The van der Waals surface area contributed by atoms with E-state index >= 15 is 0 Å². The SMILES string of the molecule is CCCC1=[C-]CC=C1.CCCC1=[C-]CC=C1.[H-].[H-].[Ti+4]. The molecule has 0 heterocycles. The van der Waals surface area contributed by atoms with E-state index < -0.39 is 0 Å². The minimum absolute atomic E-state index is 0. The van der Waals surface area contributed by atoms with Gasteiger partial charge in [-0.1, -0.05) is 39.5 Å². The summed E-state index contributed by atoms with van der Waals surface area (Å²) < 4.78 is 0. The van der Waals surface area contributed by atoms with E-state index in [1.54, 1.807) is 0 Å². The van der Waals surface area contributed by atoms with Crippen LogP contribution in [0.3, 0.4) is 0 Å². The Bertz CT molecular complexity index is 283. The average molecular weight is 264 g/mol. The molecule has 2 rings (SSSR count). The van der Waals surface area contributed by atoms with Gasteiger partial charge in [0.15, 0.2) is 0 Å². The van der Waals surface area contributed by atoms with Gasteiger partial charge in [-0.15, -0.1) is 12.8 Å². The molecule has 1 heteroatoms. The van der Waals surface area contributed by atoms with Crippen LogP contribution in [0, 0.1) is 12.2 Å². The summed E-state index contributed by atoms with van der Waals surface area (Å²) in [6, 6.07) is 0. The summed E-state index contributed by atoms with van der Waals surface area (Å²) in [4.78, 5) is 0. The minimum atomic E-state index is 0. The van der Waals surface area contributed by atoms with Crippen LogP contribution >= 0.6 is 0 Å². The smallest absolute Gasteiger partial charge is 1.00 e. The van der Waals surface area contributed by atoms with Crippen LogP contribution in [0.25, 0.3) is 0 Å². The molecule has 0 nitrogen and oxygen atoms in total. The molecular formula is C16H24Ti. The van der Waals surface area contributed by atoms with E-state index in [0.29, 0.717) is 0 Å². The molecule has 92 valence electrons. The van der Waals surface area contributed by atoms with Crippen molar-refractivity contribution in [2.75, 3.05) is 0 Å². The zero-order valence-electron chi connectivity index (χ0n) is 13.1. The summed E-state index contributed by atoms with van der Waals surface area (Å²) >= 11 is 0. The number of hydrogen-bond acceptors (Lipinski definition) is 0. The van der Waals surface area contributed by atoms with E-state index in [4.69, 9.17) is 0 Å². The molecule has 0 radical (unpaired) electrons. The van der Waals surface area contributed by atoms with E-state index in [2.05, 4.69) is 50.3 Å².